The first-order valence-corrected chi connectivity index (χ1v) is 0.258. The summed E-state index contributed by atoms with van der Waals surface area (Å²) in [5, 5.41) is 6.50. The molecule has 0 aliphatic carbocycles. The zero-order valence-electron chi connectivity index (χ0n) is 3.40. The normalized spacial score (nSPS) is 0.500. The second-order valence-corrected chi connectivity index (χ2v) is 0. The van der Waals surface area contributed by atoms with Gasteiger partial charge in [-0.1, -0.05) is 0 Å². The third kappa shape index (κ3) is 9.42. The molecule has 0 spiro atoms. The van der Waals surface area contributed by atoms with Crippen molar-refractivity contribution in [2.75, 3.05) is 0 Å². The summed E-state index contributed by atoms with van der Waals surface area (Å²) < 4.78 is 0. The molecule has 0 aromatic carbocycles. The van der Waals surface area contributed by atoms with Crippen molar-refractivity contribution in [2.24, 2.45) is 0 Å². The van der Waals surface area contributed by atoms with E-state index in [2.05, 4.69) is 6.57 Å². The molecule has 0 aromatic rings. The molecule has 0 rings (SSSR count). The van der Waals surface area contributed by atoms with Crippen molar-refractivity contribution in [3.8, 4) is 6.57 Å². The van der Waals surface area contributed by atoms with E-state index in [0.717, 1.165) is 0 Å². The molecule has 0 aliphatic rings. The maximum atomic E-state index is 6.50. The van der Waals surface area contributed by atoms with Gasteiger partial charge in [0, 0.05) is 23.6 Å². The van der Waals surface area contributed by atoms with Gasteiger partial charge in [0.15, 0.2) is 0 Å². The molecule has 0 aliphatic heterocycles. The van der Waals surface area contributed by atoms with Crippen LogP contribution < -0.4 is 51.4 Å². The molecule has 0 fully saturated rings. The number of rotatable bonds is 0. The monoisotopic (exact) mass is 122 g/mol. The van der Waals surface area contributed by atoms with Crippen molar-refractivity contribution in [1.29, 1.82) is 5.26 Å². The minimum absolute atomic E-state index is 0. The molecule has 0 N–H and O–H groups in total. The molecule has 1 nitrogen and oxygen atoms in total. The van der Waals surface area contributed by atoms with Crippen molar-refractivity contribution >= 4 is 0 Å². The molecule has 0 atom stereocenters. The Morgan fingerprint density at radius 2 is 1.50 bits per heavy atom. The SMILES string of the molecule is C#N.[H-].[K+].[Mn]. The summed E-state index contributed by atoms with van der Waals surface area (Å²) in [6.07, 6.45) is 0. The summed E-state index contributed by atoms with van der Waals surface area (Å²) in [7, 11) is 0. The second-order valence-electron chi connectivity index (χ2n) is 0. The molecule has 0 saturated carbocycles. The van der Waals surface area contributed by atoms with Gasteiger partial charge in [0.25, 0.3) is 0 Å². The largest absolute Gasteiger partial charge is 1.00 e. The van der Waals surface area contributed by atoms with E-state index in [-0.39, 0.29) is 69.9 Å². The van der Waals surface area contributed by atoms with Crippen LogP contribution in [0.5, 0.6) is 0 Å². The summed E-state index contributed by atoms with van der Waals surface area (Å²) in [4.78, 5) is 0. The quantitative estimate of drug-likeness (QED) is 0.320. The van der Waals surface area contributed by atoms with Gasteiger partial charge in [-0.15, -0.1) is 0 Å². The van der Waals surface area contributed by atoms with Crippen LogP contribution in [0.3, 0.4) is 0 Å². The summed E-state index contributed by atoms with van der Waals surface area (Å²) in [6.45, 7) is 3.50. The van der Waals surface area contributed by atoms with Crippen LogP contribution in [-0.4, -0.2) is 0 Å². The van der Waals surface area contributed by atoms with Gasteiger partial charge in [-0.05, 0) is 0 Å². The predicted octanol–water partition coefficient (Wildman–Crippen LogP) is -2.75. The van der Waals surface area contributed by atoms with Crippen LogP contribution >= 0.6 is 0 Å². The molecular weight excluding hydrogens is 120 g/mol. The van der Waals surface area contributed by atoms with Crippen LogP contribution in [0.1, 0.15) is 1.43 Å². The standard InChI is InChI=1S/CHN.K.Mn.H/c1-2;;;/h1H;;;/q;+1;;-1. The van der Waals surface area contributed by atoms with Gasteiger partial charge < -0.3 is 1.43 Å². The van der Waals surface area contributed by atoms with Crippen molar-refractivity contribution in [3.05, 3.63) is 0 Å². The van der Waals surface area contributed by atoms with Crippen LogP contribution in [0.25, 0.3) is 0 Å². The van der Waals surface area contributed by atoms with Gasteiger partial charge in [0.05, 0.1) is 0 Å². The molecule has 0 bridgehead atoms. The molecule has 3 heteroatoms. The minimum Gasteiger partial charge on any atom is -1.00 e. The Balaban J connectivity index is -0.00000000167. The average molecular weight is 122 g/mol. The zero-order chi connectivity index (χ0) is 2.00. The van der Waals surface area contributed by atoms with Crippen LogP contribution in [-0.2, 0) is 17.1 Å². The number of nitrogens with zero attached hydrogens (tertiary/aromatic N) is 1. The molecule has 0 heterocycles. The molecule has 19 valence electrons. The van der Waals surface area contributed by atoms with E-state index in [1.807, 2.05) is 0 Å². The van der Waals surface area contributed by atoms with Crippen molar-refractivity contribution in [1.82, 2.24) is 0 Å². The molecule has 0 aromatic heterocycles. The Bertz CT molecular complexity index is 16.4. The predicted molar refractivity (Wildman–Crippen MR) is 7.78 cm³/mol. The number of hydrogen-bond acceptors (Lipinski definition) is 1. The first-order chi connectivity index (χ1) is 1.00. The minimum atomic E-state index is 0. The van der Waals surface area contributed by atoms with Crippen LogP contribution in [0.15, 0.2) is 0 Å². The number of hydrogen-bond donors (Lipinski definition) is 0. The molecular formula is CH2KMnN. The first kappa shape index (κ1) is 17.4. The summed E-state index contributed by atoms with van der Waals surface area (Å²) in [5.41, 5.74) is 0. The smallest absolute Gasteiger partial charge is 1.00 e. The van der Waals surface area contributed by atoms with E-state index in [1.54, 1.807) is 0 Å². The van der Waals surface area contributed by atoms with Crippen molar-refractivity contribution in [3.63, 3.8) is 0 Å². The molecule has 1 radical (unpaired) electrons. The van der Waals surface area contributed by atoms with E-state index in [0.29, 0.717) is 0 Å². The van der Waals surface area contributed by atoms with E-state index in [1.165, 1.54) is 0 Å². The van der Waals surface area contributed by atoms with Gasteiger partial charge in [-0.25, -0.2) is 5.26 Å². The average Bonchev–Trinajstić information content (AvgIpc) is 1.00. The fourth-order valence-electron chi connectivity index (χ4n) is 0. The van der Waals surface area contributed by atoms with E-state index >= 15 is 0 Å². The summed E-state index contributed by atoms with van der Waals surface area (Å²) in [6, 6.07) is 0. The van der Waals surface area contributed by atoms with Gasteiger partial charge in [-0.3, -0.25) is 0 Å². The summed E-state index contributed by atoms with van der Waals surface area (Å²) >= 11 is 0. The van der Waals surface area contributed by atoms with E-state index in [9.17, 15) is 0 Å². The maximum absolute atomic E-state index is 6.50. The first-order valence-electron chi connectivity index (χ1n) is 0.258. The van der Waals surface area contributed by atoms with Gasteiger partial charge in [0.1, 0.15) is 0 Å². The maximum Gasteiger partial charge on any atom is 1.00 e. The summed E-state index contributed by atoms with van der Waals surface area (Å²) in [5.74, 6) is 0. The van der Waals surface area contributed by atoms with Gasteiger partial charge in [-0.2, -0.15) is 0 Å². The van der Waals surface area contributed by atoms with E-state index in [4.69, 9.17) is 5.26 Å². The second kappa shape index (κ2) is 22.8. The van der Waals surface area contributed by atoms with Crippen LogP contribution in [0.2, 0.25) is 0 Å². The topological polar surface area (TPSA) is 23.8 Å². The third-order valence-electron chi connectivity index (χ3n) is 0. The van der Waals surface area contributed by atoms with Crippen LogP contribution in [0.4, 0.5) is 0 Å². The van der Waals surface area contributed by atoms with Crippen molar-refractivity contribution < 1.29 is 69.9 Å². The zero-order valence-corrected chi connectivity index (χ0v) is 6.71. The molecule has 4 heavy (non-hydrogen) atoms. The van der Waals surface area contributed by atoms with E-state index < -0.39 is 0 Å². The Kier molecular flexibility index (Phi) is 99.2. The van der Waals surface area contributed by atoms with Gasteiger partial charge in [0.2, 0.25) is 0 Å². The Morgan fingerprint density at radius 1 is 1.50 bits per heavy atom. The number of nitriles is 1. The molecule has 0 saturated heterocycles. The van der Waals surface area contributed by atoms with Gasteiger partial charge >= 0.3 is 51.4 Å². The fraction of sp³-hybridized carbons (Fsp3) is 0. The Morgan fingerprint density at radius 3 is 1.50 bits per heavy atom. The Hall–Kier alpha value is 1.65. The third-order valence-corrected chi connectivity index (χ3v) is 0. The molecule has 0 unspecified atom stereocenters. The molecule has 0 amide bonds. The Labute approximate surface area is 80.1 Å². The van der Waals surface area contributed by atoms with Crippen molar-refractivity contribution in [2.45, 2.75) is 0 Å². The van der Waals surface area contributed by atoms with Crippen LogP contribution in [0, 0.1) is 11.8 Å². The fourth-order valence-corrected chi connectivity index (χ4v) is 0.